The molecule has 2 aliphatic rings. The van der Waals surface area contributed by atoms with E-state index in [2.05, 4.69) is 0 Å². The van der Waals surface area contributed by atoms with Crippen molar-refractivity contribution in [1.29, 1.82) is 0 Å². The summed E-state index contributed by atoms with van der Waals surface area (Å²) in [6.07, 6.45) is -1.27. The molecule has 0 aliphatic carbocycles. The van der Waals surface area contributed by atoms with Gasteiger partial charge in [-0.05, 0) is 35.9 Å². The van der Waals surface area contributed by atoms with Crippen LogP contribution in [0.3, 0.4) is 0 Å². The molecule has 2 fully saturated rings. The standard InChI is InChI=1S/C26H21N3O9/c1-36-18-13-12-17(19(26(32)33)22(18)37-2)21-20-23(38-28(21)15-6-4-3-5-7-15)25(31)27(24(20)30)14-8-10-16(11-9-14)29(34)35/h3-13,20-21,23H,1-2H3,(H,32,33)/t20-,21-,23+/m0/s1. The monoisotopic (exact) mass is 519 g/mol. The highest BCUT2D eigenvalue weighted by Crippen LogP contribution is 2.50. The minimum atomic E-state index is -1.32. The summed E-state index contributed by atoms with van der Waals surface area (Å²) in [7, 11) is 2.67. The second kappa shape index (κ2) is 9.48. The minimum Gasteiger partial charge on any atom is -0.493 e. The highest BCUT2D eigenvalue weighted by Gasteiger charge is 2.61. The Morgan fingerprint density at radius 3 is 2.21 bits per heavy atom. The summed E-state index contributed by atoms with van der Waals surface area (Å²) in [5.41, 5.74) is 0.378. The molecule has 3 aromatic rings. The maximum absolute atomic E-state index is 13.8. The second-order valence-electron chi connectivity index (χ2n) is 8.51. The predicted octanol–water partition coefficient (Wildman–Crippen LogP) is 3.36. The van der Waals surface area contributed by atoms with Gasteiger partial charge in [0.15, 0.2) is 17.6 Å². The number of carbonyl (C=O) groups is 3. The number of anilines is 2. The van der Waals surface area contributed by atoms with E-state index in [9.17, 15) is 29.6 Å². The van der Waals surface area contributed by atoms with Gasteiger partial charge in [-0.3, -0.25) is 24.5 Å². The summed E-state index contributed by atoms with van der Waals surface area (Å²) >= 11 is 0. The first-order valence-electron chi connectivity index (χ1n) is 11.4. The highest BCUT2D eigenvalue weighted by atomic mass is 16.7. The van der Waals surface area contributed by atoms with E-state index < -0.39 is 40.8 Å². The molecular weight excluding hydrogens is 498 g/mol. The Morgan fingerprint density at radius 2 is 1.63 bits per heavy atom. The molecule has 0 aromatic heterocycles. The number of fused-ring (bicyclic) bond motifs is 1. The number of carboxylic acids is 1. The van der Waals surface area contributed by atoms with Crippen LogP contribution in [0.15, 0.2) is 66.7 Å². The lowest BCUT2D eigenvalue weighted by molar-refractivity contribution is -0.384. The molecule has 2 heterocycles. The molecule has 0 radical (unpaired) electrons. The van der Waals surface area contributed by atoms with E-state index in [1.807, 2.05) is 0 Å². The van der Waals surface area contributed by atoms with Crippen molar-refractivity contribution in [3.8, 4) is 11.5 Å². The lowest BCUT2D eigenvalue weighted by Gasteiger charge is -2.30. The first-order chi connectivity index (χ1) is 18.3. The number of hydroxylamine groups is 1. The van der Waals surface area contributed by atoms with E-state index in [0.717, 1.165) is 4.90 Å². The number of hydrogen-bond donors (Lipinski definition) is 1. The zero-order chi connectivity index (χ0) is 27.1. The molecule has 12 nitrogen and oxygen atoms in total. The summed E-state index contributed by atoms with van der Waals surface area (Å²) in [6, 6.07) is 15.6. The Morgan fingerprint density at radius 1 is 0.947 bits per heavy atom. The van der Waals surface area contributed by atoms with Gasteiger partial charge in [-0.2, -0.15) is 0 Å². The number of methoxy groups -OCH3 is 2. The molecule has 3 aromatic carbocycles. The minimum absolute atomic E-state index is 0.0436. The van der Waals surface area contributed by atoms with Gasteiger partial charge in [0, 0.05) is 12.1 Å². The van der Waals surface area contributed by atoms with E-state index >= 15 is 0 Å². The number of rotatable bonds is 7. The summed E-state index contributed by atoms with van der Waals surface area (Å²) in [4.78, 5) is 57.1. The fraction of sp³-hybridized carbons (Fsp3) is 0.192. The Labute approximate surface area is 215 Å². The van der Waals surface area contributed by atoms with Crippen molar-refractivity contribution in [2.75, 3.05) is 24.2 Å². The van der Waals surface area contributed by atoms with Crippen molar-refractivity contribution >= 4 is 34.8 Å². The number of imide groups is 1. The largest absolute Gasteiger partial charge is 0.493 e. The molecule has 0 spiro atoms. The average Bonchev–Trinajstić information content (AvgIpc) is 3.43. The lowest BCUT2D eigenvalue weighted by Crippen LogP contribution is -2.37. The first kappa shape index (κ1) is 24.7. The highest BCUT2D eigenvalue weighted by molar-refractivity contribution is 6.24. The zero-order valence-corrected chi connectivity index (χ0v) is 20.1. The number of hydrogen-bond acceptors (Lipinski definition) is 9. The van der Waals surface area contributed by atoms with E-state index in [0.29, 0.717) is 5.69 Å². The zero-order valence-electron chi connectivity index (χ0n) is 20.1. The van der Waals surface area contributed by atoms with Crippen LogP contribution in [-0.4, -0.2) is 48.1 Å². The van der Waals surface area contributed by atoms with Crippen LogP contribution < -0.4 is 19.4 Å². The predicted molar refractivity (Wildman–Crippen MR) is 132 cm³/mol. The molecule has 12 heteroatoms. The van der Waals surface area contributed by atoms with Crippen molar-refractivity contribution in [1.82, 2.24) is 0 Å². The molecule has 2 saturated heterocycles. The number of amides is 2. The summed E-state index contributed by atoms with van der Waals surface area (Å²) < 4.78 is 10.6. The van der Waals surface area contributed by atoms with E-state index in [-0.39, 0.29) is 34.0 Å². The fourth-order valence-electron chi connectivity index (χ4n) is 4.92. The maximum Gasteiger partial charge on any atom is 0.339 e. The van der Waals surface area contributed by atoms with Crippen LogP contribution in [0.25, 0.3) is 0 Å². The van der Waals surface area contributed by atoms with Gasteiger partial charge in [0.05, 0.1) is 36.6 Å². The van der Waals surface area contributed by atoms with Gasteiger partial charge < -0.3 is 14.6 Å². The van der Waals surface area contributed by atoms with Crippen LogP contribution in [0.1, 0.15) is 22.0 Å². The SMILES string of the molecule is COc1ccc([C@H]2[C@@H]3C(=O)N(c4ccc([N+](=O)[O-])cc4)C(=O)[C@@H]3ON2c2ccccc2)c(C(=O)O)c1OC. The number of benzene rings is 3. The topological polar surface area (TPSA) is 149 Å². The molecule has 2 aliphatic heterocycles. The third kappa shape index (κ3) is 3.78. The Bertz CT molecular complexity index is 1440. The van der Waals surface area contributed by atoms with Crippen molar-refractivity contribution in [2.24, 2.45) is 5.92 Å². The quantitative estimate of drug-likeness (QED) is 0.280. The number of carboxylic acid groups (broad SMARTS) is 1. The van der Waals surface area contributed by atoms with E-state index in [1.54, 1.807) is 30.3 Å². The molecule has 5 rings (SSSR count). The normalized spacial score (nSPS) is 20.4. The number of nitro groups is 1. The van der Waals surface area contributed by atoms with Crippen LogP contribution in [0.5, 0.6) is 11.5 Å². The maximum atomic E-state index is 13.8. The lowest BCUT2D eigenvalue weighted by atomic mass is 9.87. The molecule has 38 heavy (non-hydrogen) atoms. The molecule has 3 atom stereocenters. The Hall–Kier alpha value is -4.97. The number of aromatic carboxylic acids is 1. The van der Waals surface area contributed by atoms with Crippen LogP contribution in [-0.2, 0) is 14.4 Å². The van der Waals surface area contributed by atoms with Gasteiger partial charge in [-0.15, -0.1) is 0 Å². The van der Waals surface area contributed by atoms with Gasteiger partial charge in [-0.25, -0.2) is 14.8 Å². The number of nitro benzene ring substituents is 1. The van der Waals surface area contributed by atoms with Crippen molar-refractivity contribution in [3.63, 3.8) is 0 Å². The summed E-state index contributed by atoms with van der Waals surface area (Å²) in [6.45, 7) is 0. The van der Waals surface area contributed by atoms with Crippen molar-refractivity contribution < 1.29 is 38.7 Å². The molecule has 194 valence electrons. The first-order valence-corrected chi connectivity index (χ1v) is 11.4. The van der Waals surface area contributed by atoms with Crippen LogP contribution in [0.4, 0.5) is 17.1 Å². The number of carbonyl (C=O) groups excluding carboxylic acids is 2. The van der Waals surface area contributed by atoms with Crippen molar-refractivity contribution in [2.45, 2.75) is 12.1 Å². The number of non-ortho nitro benzene ring substituents is 1. The van der Waals surface area contributed by atoms with Gasteiger partial charge in [-0.1, -0.05) is 24.3 Å². The van der Waals surface area contributed by atoms with Crippen molar-refractivity contribution in [3.05, 3.63) is 88.0 Å². The van der Waals surface area contributed by atoms with Crippen LogP contribution in [0.2, 0.25) is 0 Å². The molecule has 0 unspecified atom stereocenters. The van der Waals surface area contributed by atoms with Gasteiger partial charge in [0.2, 0.25) is 5.91 Å². The van der Waals surface area contributed by atoms with Gasteiger partial charge >= 0.3 is 5.97 Å². The Kier molecular flexibility index (Phi) is 6.17. The smallest absolute Gasteiger partial charge is 0.339 e. The van der Waals surface area contributed by atoms with Crippen LogP contribution in [0, 0.1) is 16.0 Å². The average molecular weight is 519 g/mol. The summed E-state index contributed by atoms with van der Waals surface area (Å²) in [5.74, 6) is -3.63. The van der Waals surface area contributed by atoms with Crippen LogP contribution >= 0.6 is 0 Å². The molecule has 0 saturated carbocycles. The third-order valence-corrected chi connectivity index (χ3v) is 6.56. The number of ether oxygens (including phenoxy) is 2. The second-order valence-corrected chi connectivity index (χ2v) is 8.51. The van der Waals surface area contributed by atoms with E-state index in [1.165, 1.54) is 55.7 Å². The number of para-hydroxylation sites is 1. The van der Waals surface area contributed by atoms with Gasteiger partial charge in [0.25, 0.3) is 11.6 Å². The van der Waals surface area contributed by atoms with E-state index in [4.69, 9.17) is 14.3 Å². The molecule has 1 N–H and O–H groups in total. The third-order valence-electron chi connectivity index (χ3n) is 6.56. The fourth-order valence-corrected chi connectivity index (χ4v) is 4.92. The molecule has 2 amide bonds. The number of nitrogens with zero attached hydrogens (tertiary/aromatic N) is 3. The Balaban J connectivity index is 1.66. The molecular formula is C26H21N3O9. The summed E-state index contributed by atoms with van der Waals surface area (Å²) in [5, 5.41) is 22.6. The van der Waals surface area contributed by atoms with Gasteiger partial charge in [0.1, 0.15) is 11.5 Å². The molecule has 0 bridgehead atoms.